The summed E-state index contributed by atoms with van der Waals surface area (Å²) in [4.78, 5) is 0. The van der Waals surface area contributed by atoms with E-state index in [0.717, 1.165) is 19.1 Å². The Bertz CT molecular complexity index is 173. The van der Waals surface area contributed by atoms with Crippen LogP contribution in [-0.2, 0) is 4.74 Å². The Morgan fingerprint density at radius 2 is 2.25 bits per heavy atom. The van der Waals surface area contributed by atoms with Gasteiger partial charge < -0.3 is 10.5 Å². The van der Waals surface area contributed by atoms with E-state index in [1.54, 1.807) is 0 Å². The Labute approximate surface area is 74.5 Å². The van der Waals surface area contributed by atoms with Crippen LogP contribution in [0.1, 0.15) is 26.7 Å². The molecule has 2 rings (SSSR count). The van der Waals surface area contributed by atoms with Gasteiger partial charge in [-0.1, -0.05) is 13.8 Å². The zero-order valence-electron chi connectivity index (χ0n) is 8.05. The molecule has 0 aromatic carbocycles. The summed E-state index contributed by atoms with van der Waals surface area (Å²) < 4.78 is 5.69. The van der Waals surface area contributed by atoms with Crippen molar-refractivity contribution in [2.75, 3.05) is 13.2 Å². The maximum atomic E-state index is 5.71. The van der Waals surface area contributed by atoms with Gasteiger partial charge in [0.25, 0.3) is 0 Å². The predicted octanol–water partition coefficient (Wildman–Crippen LogP) is 1.40. The molecule has 0 bridgehead atoms. The van der Waals surface area contributed by atoms with Gasteiger partial charge in [0.2, 0.25) is 0 Å². The lowest BCUT2D eigenvalue weighted by molar-refractivity contribution is 0.0821. The molecule has 12 heavy (non-hydrogen) atoms. The van der Waals surface area contributed by atoms with Crippen LogP contribution in [0.3, 0.4) is 0 Å². The zero-order valence-corrected chi connectivity index (χ0v) is 8.05. The van der Waals surface area contributed by atoms with Crippen LogP contribution in [0.25, 0.3) is 0 Å². The van der Waals surface area contributed by atoms with Crippen molar-refractivity contribution in [3.8, 4) is 0 Å². The van der Waals surface area contributed by atoms with Crippen LogP contribution in [0.2, 0.25) is 0 Å². The van der Waals surface area contributed by atoms with E-state index in [4.69, 9.17) is 10.5 Å². The summed E-state index contributed by atoms with van der Waals surface area (Å²) in [6.07, 6.45) is 3.02. The van der Waals surface area contributed by atoms with Gasteiger partial charge in [0.15, 0.2) is 0 Å². The maximum Gasteiger partial charge on any atom is 0.0612 e. The molecule has 1 unspecified atom stereocenters. The van der Waals surface area contributed by atoms with E-state index in [9.17, 15) is 0 Å². The molecule has 1 saturated heterocycles. The third kappa shape index (κ3) is 1.09. The molecule has 2 N–H and O–H groups in total. The molecule has 1 heterocycles. The first-order chi connectivity index (χ1) is 5.68. The first-order valence-corrected chi connectivity index (χ1v) is 4.99. The summed E-state index contributed by atoms with van der Waals surface area (Å²) in [7, 11) is 0. The monoisotopic (exact) mass is 169 g/mol. The number of nitrogens with two attached hydrogens (primary N) is 1. The summed E-state index contributed by atoms with van der Waals surface area (Å²) >= 11 is 0. The normalized spacial score (nSPS) is 44.8. The molecule has 3 atom stereocenters. The van der Waals surface area contributed by atoms with Crippen LogP contribution < -0.4 is 5.73 Å². The Kier molecular flexibility index (Phi) is 1.92. The molecule has 1 aliphatic carbocycles. The zero-order chi connectivity index (χ0) is 8.77. The predicted molar refractivity (Wildman–Crippen MR) is 48.8 cm³/mol. The lowest BCUT2D eigenvalue weighted by atomic mass is 10.0. The standard InChI is InChI=1S/C10H19NO/c1-10(2)7(6-11)9(10)8-4-3-5-12-8/h7-9H,3-6,11H2,1-2H3/t7-,8?,9+/m1/s1. The summed E-state index contributed by atoms with van der Waals surface area (Å²) in [5.74, 6) is 1.45. The van der Waals surface area contributed by atoms with Crippen molar-refractivity contribution in [3.05, 3.63) is 0 Å². The van der Waals surface area contributed by atoms with Crippen molar-refractivity contribution in [1.82, 2.24) is 0 Å². The van der Waals surface area contributed by atoms with Crippen LogP contribution in [0.4, 0.5) is 0 Å². The fraction of sp³-hybridized carbons (Fsp3) is 1.00. The van der Waals surface area contributed by atoms with Crippen LogP contribution in [0, 0.1) is 17.3 Å². The van der Waals surface area contributed by atoms with Gasteiger partial charge in [-0.2, -0.15) is 0 Å². The highest BCUT2D eigenvalue weighted by atomic mass is 16.5. The van der Waals surface area contributed by atoms with Gasteiger partial charge in [0.1, 0.15) is 0 Å². The molecule has 2 aliphatic rings. The fourth-order valence-electron chi connectivity index (χ4n) is 2.86. The van der Waals surface area contributed by atoms with Gasteiger partial charge >= 0.3 is 0 Å². The minimum absolute atomic E-state index is 0.448. The first kappa shape index (κ1) is 8.52. The fourth-order valence-corrected chi connectivity index (χ4v) is 2.86. The minimum Gasteiger partial charge on any atom is -0.378 e. The minimum atomic E-state index is 0.448. The van der Waals surface area contributed by atoms with E-state index in [1.807, 2.05) is 0 Å². The molecule has 0 amide bonds. The Morgan fingerprint density at radius 1 is 1.50 bits per heavy atom. The lowest BCUT2D eigenvalue weighted by Gasteiger charge is -2.09. The number of hydrogen-bond donors (Lipinski definition) is 1. The molecule has 0 aromatic heterocycles. The molecular weight excluding hydrogens is 150 g/mol. The van der Waals surface area contributed by atoms with E-state index in [1.165, 1.54) is 12.8 Å². The highest BCUT2D eigenvalue weighted by Crippen LogP contribution is 2.61. The van der Waals surface area contributed by atoms with Crippen molar-refractivity contribution in [2.24, 2.45) is 23.0 Å². The summed E-state index contributed by atoms with van der Waals surface area (Å²) in [5, 5.41) is 0. The first-order valence-electron chi connectivity index (χ1n) is 4.99. The SMILES string of the molecule is CC1(C)[C@H](CN)[C@H]1C1CCCO1. The van der Waals surface area contributed by atoms with Gasteiger partial charge in [-0.05, 0) is 36.6 Å². The molecule has 1 aliphatic heterocycles. The van der Waals surface area contributed by atoms with E-state index >= 15 is 0 Å². The molecule has 0 spiro atoms. The van der Waals surface area contributed by atoms with Gasteiger partial charge in [-0.25, -0.2) is 0 Å². The Balaban J connectivity index is 1.97. The lowest BCUT2D eigenvalue weighted by Crippen LogP contribution is -2.13. The average Bonchev–Trinajstić information content (AvgIpc) is 2.50. The van der Waals surface area contributed by atoms with Gasteiger partial charge in [-0.3, -0.25) is 0 Å². The number of rotatable bonds is 2. The second-order valence-electron chi connectivity index (χ2n) is 4.74. The Morgan fingerprint density at radius 3 is 2.67 bits per heavy atom. The maximum absolute atomic E-state index is 5.71. The molecule has 0 radical (unpaired) electrons. The summed E-state index contributed by atoms with van der Waals surface area (Å²) in [6, 6.07) is 0. The van der Waals surface area contributed by atoms with Crippen molar-refractivity contribution in [2.45, 2.75) is 32.8 Å². The smallest absolute Gasteiger partial charge is 0.0612 e. The molecule has 0 aromatic rings. The summed E-state index contributed by atoms with van der Waals surface area (Å²) in [5.41, 5.74) is 6.16. The third-order valence-corrected chi connectivity index (χ3v) is 3.76. The van der Waals surface area contributed by atoms with Crippen molar-refractivity contribution in [3.63, 3.8) is 0 Å². The van der Waals surface area contributed by atoms with Crippen LogP contribution in [0.15, 0.2) is 0 Å². The number of ether oxygens (including phenoxy) is 1. The van der Waals surface area contributed by atoms with Crippen LogP contribution >= 0.6 is 0 Å². The quantitative estimate of drug-likeness (QED) is 0.678. The molecule has 2 fully saturated rings. The Hall–Kier alpha value is -0.0800. The average molecular weight is 169 g/mol. The molecule has 1 saturated carbocycles. The van der Waals surface area contributed by atoms with Crippen molar-refractivity contribution >= 4 is 0 Å². The molecule has 70 valence electrons. The van der Waals surface area contributed by atoms with Gasteiger partial charge in [0.05, 0.1) is 6.10 Å². The van der Waals surface area contributed by atoms with Crippen molar-refractivity contribution < 1.29 is 4.74 Å². The topological polar surface area (TPSA) is 35.2 Å². The van der Waals surface area contributed by atoms with E-state index in [0.29, 0.717) is 17.4 Å². The van der Waals surface area contributed by atoms with Gasteiger partial charge in [-0.15, -0.1) is 0 Å². The summed E-state index contributed by atoms with van der Waals surface area (Å²) in [6.45, 7) is 6.43. The second kappa shape index (κ2) is 2.71. The van der Waals surface area contributed by atoms with Gasteiger partial charge in [0, 0.05) is 6.61 Å². The highest BCUT2D eigenvalue weighted by molar-refractivity contribution is 5.09. The molecule has 2 heteroatoms. The van der Waals surface area contributed by atoms with E-state index in [-0.39, 0.29) is 0 Å². The largest absolute Gasteiger partial charge is 0.378 e. The molecule has 2 nitrogen and oxygen atoms in total. The van der Waals surface area contributed by atoms with Crippen LogP contribution in [-0.4, -0.2) is 19.3 Å². The van der Waals surface area contributed by atoms with E-state index in [2.05, 4.69) is 13.8 Å². The van der Waals surface area contributed by atoms with Crippen LogP contribution in [0.5, 0.6) is 0 Å². The third-order valence-electron chi connectivity index (χ3n) is 3.76. The number of hydrogen-bond acceptors (Lipinski definition) is 2. The van der Waals surface area contributed by atoms with E-state index < -0.39 is 0 Å². The second-order valence-corrected chi connectivity index (χ2v) is 4.74. The molecular formula is C10H19NO. The van der Waals surface area contributed by atoms with Crippen molar-refractivity contribution in [1.29, 1.82) is 0 Å². The highest BCUT2D eigenvalue weighted by Gasteiger charge is 2.60.